The Labute approximate surface area is 140 Å². The first kappa shape index (κ1) is 16.1. The molecule has 0 fully saturated rings. The lowest BCUT2D eigenvalue weighted by Gasteiger charge is -2.09. The minimum Gasteiger partial charge on any atom is -0.489 e. The van der Waals surface area contributed by atoms with Gasteiger partial charge >= 0.3 is 5.97 Å². The van der Waals surface area contributed by atoms with E-state index in [2.05, 4.69) is 9.72 Å². The number of methoxy groups -OCH3 is 1. The van der Waals surface area contributed by atoms with Crippen LogP contribution in [0.15, 0.2) is 54.7 Å². The van der Waals surface area contributed by atoms with E-state index >= 15 is 0 Å². The van der Waals surface area contributed by atoms with Gasteiger partial charge in [-0.05, 0) is 23.3 Å². The molecule has 3 N–H and O–H groups in total. The van der Waals surface area contributed by atoms with Crippen LogP contribution in [-0.4, -0.2) is 24.1 Å². The van der Waals surface area contributed by atoms with Crippen molar-refractivity contribution in [3.63, 3.8) is 0 Å². The maximum Gasteiger partial charge on any atom is 0.322 e. The van der Waals surface area contributed by atoms with Gasteiger partial charge in [0.2, 0.25) is 0 Å². The minimum atomic E-state index is -0.664. The summed E-state index contributed by atoms with van der Waals surface area (Å²) in [4.78, 5) is 14.7. The third kappa shape index (κ3) is 3.58. The number of H-pyrrole nitrogens is 1. The molecule has 5 heteroatoms. The highest BCUT2D eigenvalue weighted by Crippen LogP contribution is 2.24. The van der Waals surface area contributed by atoms with Crippen LogP contribution in [0.25, 0.3) is 10.9 Å². The summed E-state index contributed by atoms with van der Waals surface area (Å²) in [6.45, 7) is 0.521. The van der Waals surface area contributed by atoms with Crippen LogP contribution in [0.1, 0.15) is 11.1 Å². The zero-order valence-corrected chi connectivity index (χ0v) is 13.5. The number of rotatable bonds is 6. The Bertz CT molecular complexity index is 827. The van der Waals surface area contributed by atoms with Gasteiger partial charge in [-0.1, -0.05) is 30.3 Å². The third-order valence-electron chi connectivity index (χ3n) is 3.93. The van der Waals surface area contributed by atoms with Gasteiger partial charge in [-0.2, -0.15) is 0 Å². The van der Waals surface area contributed by atoms with Gasteiger partial charge in [0.1, 0.15) is 18.4 Å². The fraction of sp³-hybridized carbons (Fsp3) is 0.211. The monoisotopic (exact) mass is 324 g/mol. The molecule has 3 rings (SSSR count). The number of carbonyl (C=O) groups is 1. The Morgan fingerprint density at radius 3 is 2.75 bits per heavy atom. The highest BCUT2D eigenvalue weighted by atomic mass is 16.5. The fourth-order valence-corrected chi connectivity index (χ4v) is 2.64. The molecule has 0 radical (unpaired) electrons. The molecule has 0 bridgehead atoms. The second-order valence-electron chi connectivity index (χ2n) is 5.63. The largest absolute Gasteiger partial charge is 0.489 e. The van der Waals surface area contributed by atoms with Crippen molar-refractivity contribution in [3.8, 4) is 5.75 Å². The van der Waals surface area contributed by atoms with E-state index in [9.17, 15) is 4.79 Å². The summed E-state index contributed by atoms with van der Waals surface area (Å²) in [5.74, 6) is 0.379. The molecule has 0 unspecified atom stereocenters. The summed E-state index contributed by atoms with van der Waals surface area (Å²) in [6.07, 6.45) is 2.30. The molecule has 0 amide bonds. The Hall–Kier alpha value is -2.79. The zero-order valence-electron chi connectivity index (χ0n) is 13.5. The summed E-state index contributed by atoms with van der Waals surface area (Å²) in [7, 11) is 1.34. The van der Waals surface area contributed by atoms with Gasteiger partial charge in [0.05, 0.1) is 7.11 Å². The maximum atomic E-state index is 11.5. The molecule has 124 valence electrons. The number of esters is 1. The van der Waals surface area contributed by atoms with Gasteiger partial charge in [-0.25, -0.2) is 0 Å². The van der Waals surface area contributed by atoms with E-state index in [0.29, 0.717) is 13.0 Å². The van der Waals surface area contributed by atoms with Crippen molar-refractivity contribution in [2.24, 2.45) is 5.73 Å². The fourth-order valence-electron chi connectivity index (χ4n) is 2.64. The molecule has 0 aliphatic heterocycles. The molecule has 2 aromatic carbocycles. The summed E-state index contributed by atoms with van der Waals surface area (Å²) in [5, 5.41) is 1.03. The first-order chi connectivity index (χ1) is 11.7. The Balaban J connectivity index is 1.72. The van der Waals surface area contributed by atoms with Gasteiger partial charge < -0.3 is 20.2 Å². The number of nitrogens with two attached hydrogens (primary N) is 1. The van der Waals surface area contributed by atoms with Crippen molar-refractivity contribution < 1.29 is 14.3 Å². The molecule has 0 saturated heterocycles. The summed E-state index contributed by atoms with van der Waals surface area (Å²) >= 11 is 0. The number of ether oxygens (including phenoxy) is 2. The highest BCUT2D eigenvalue weighted by Gasteiger charge is 2.16. The minimum absolute atomic E-state index is 0.410. The van der Waals surface area contributed by atoms with Gasteiger partial charge in [0, 0.05) is 29.6 Å². The first-order valence-corrected chi connectivity index (χ1v) is 7.77. The number of benzene rings is 2. The lowest BCUT2D eigenvalue weighted by atomic mass is 10.1. The molecule has 1 atom stereocenters. The Kier molecular flexibility index (Phi) is 4.82. The van der Waals surface area contributed by atoms with Crippen molar-refractivity contribution in [2.45, 2.75) is 19.1 Å². The average molecular weight is 324 g/mol. The van der Waals surface area contributed by atoms with Crippen molar-refractivity contribution in [1.82, 2.24) is 4.98 Å². The lowest BCUT2D eigenvalue weighted by molar-refractivity contribution is -0.142. The molecule has 0 saturated carbocycles. The van der Waals surface area contributed by atoms with Crippen molar-refractivity contribution in [1.29, 1.82) is 0 Å². The number of hydrogen-bond donors (Lipinski definition) is 2. The van der Waals surface area contributed by atoms with Crippen LogP contribution in [-0.2, 0) is 22.6 Å². The molecular weight excluding hydrogens is 304 g/mol. The Morgan fingerprint density at radius 1 is 1.21 bits per heavy atom. The standard InChI is InChI=1S/C19H20N2O3/c1-23-19(22)17(20)9-14-11-21-18-10-15(7-8-16(14)18)24-12-13-5-3-2-4-6-13/h2-8,10-11,17,21H,9,12,20H2,1H3/t17-/m0/s1. The second kappa shape index (κ2) is 7.19. The molecule has 0 aliphatic rings. The van der Waals surface area contributed by atoms with E-state index in [1.165, 1.54) is 7.11 Å². The predicted octanol–water partition coefficient (Wildman–Crippen LogP) is 2.79. The number of carbonyl (C=O) groups excluding carboxylic acids is 1. The van der Waals surface area contributed by atoms with Gasteiger partial charge in [-0.15, -0.1) is 0 Å². The van der Waals surface area contributed by atoms with Crippen LogP contribution in [0.3, 0.4) is 0 Å². The highest BCUT2D eigenvalue weighted by molar-refractivity contribution is 5.85. The first-order valence-electron chi connectivity index (χ1n) is 7.77. The lowest BCUT2D eigenvalue weighted by Crippen LogP contribution is -2.33. The van der Waals surface area contributed by atoms with E-state index in [0.717, 1.165) is 27.8 Å². The summed E-state index contributed by atoms with van der Waals surface area (Å²) in [5.41, 5.74) is 8.89. The molecule has 3 aromatic rings. The average Bonchev–Trinajstić information content (AvgIpc) is 3.02. The number of aromatic nitrogens is 1. The van der Waals surface area contributed by atoms with Crippen LogP contribution in [0, 0.1) is 0 Å². The van der Waals surface area contributed by atoms with Crippen LogP contribution in [0.5, 0.6) is 5.75 Å². The van der Waals surface area contributed by atoms with Gasteiger partial charge in [-0.3, -0.25) is 4.79 Å². The van der Waals surface area contributed by atoms with Crippen molar-refractivity contribution in [3.05, 3.63) is 65.9 Å². The van der Waals surface area contributed by atoms with Gasteiger partial charge in [0.25, 0.3) is 0 Å². The quantitative estimate of drug-likeness (QED) is 0.684. The van der Waals surface area contributed by atoms with E-state index in [4.69, 9.17) is 10.5 Å². The second-order valence-corrected chi connectivity index (χ2v) is 5.63. The van der Waals surface area contributed by atoms with E-state index in [1.807, 2.05) is 54.7 Å². The normalized spacial score (nSPS) is 12.1. The summed E-state index contributed by atoms with van der Waals surface area (Å²) < 4.78 is 10.5. The number of hydrogen-bond acceptors (Lipinski definition) is 4. The molecule has 24 heavy (non-hydrogen) atoms. The Morgan fingerprint density at radius 2 is 2.00 bits per heavy atom. The van der Waals surface area contributed by atoms with Crippen LogP contribution in [0.2, 0.25) is 0 Å². The van der Waals surface area contributed by atoms with E-state index in [1.54, 1.807) is 0 Å². The number of fused-ring (bicyclic) bond motifs is 1. The topological polar surface area (TPSA) is 77.3 Å². The van der Waals surface area contributed by atoms with Crippen LogP contribution in [0.4, 0.5) is 0 Å². The van der Waals surface area contributed by atoms with Crippen LogP contribution < -0.4 is 10.5 Å². The van der Waals surface area contributed by atoms with Crippen molar-refractivity contribution >= 4 is 16.9 Å². The van der Waals surface area contributed by atoms with Gasteiger partial charge in [0.15, 0.2) is 0 Å². The molecule has 5 nitrogen and oxygen atoms in total. The van der Waals surface area contributed by atoms with E-state index < -0.39 is 12.0 Å². The number of nitrogens with one attached hydrogen (secondary N) is 1. The SMILES string of the molecule is COC(=O)[C@@H](N)Cc1c[nH]c2cc(OCc3ccccc3)ccc12. The molecule has 1 heterocycles. The zero-order chi connectivity index (χ0) is 16.9. The maximum absolute atomic E-state index is 11.5. The molecule has 1 aromatic heterocycles. The third-order valence-corrected chi connectivity index (χ3v) is 3.93. The van der Waals surface area contributed by atoms with E-state index in [-0.39, 0.29) is 0 Å². The summed E-state index contributed by atoms with van der Waals surface area (Å²) in [6, 6.07) is 15.2. The molecule has 0 spiro atoms. The molecule has 0 aliphatic carbocycles. The number of aromatic amines is 1. The predicted molar refractivity (Wildman–Crippen MR) is 92.8 cm³/mol. The smallest absolute Gasteiger partial charge is 0.322 e. The van der Waals surface area contributed by atoms with Crippen molar-refractivity contribution in [2.75, 3.05) is 7.11 Å². The van der Waals surface area contributed by atoms with Crippen LogP contribution >= 0.6 is 0 Å². The molecular formula is C19H20N2O3.